The van der Waals surface area contributed by atoms with E-state index in [4.69, 9.17) is 21.7 Å². The van der Waals surface area contributed by atoms with Crippen molar-refractivity contribution in [3.8, 4) is 0 Å². The van der Waals surface area contributed by atoms with Crippen molar-refractivity contribution in [2.24, 2.45) is 0 Å². The lowest BCUT2D eigenvalue weighted by Crippen LogP contribution is -2.33. The first-order valence-electron chi connectivity index (χ1n) is 8.31. The van der Waals surface area contributed by atoms with Crippen molar-refractivity contribution in [3.63, 3.8) is 0 Å². The molecular weight excluding hydrogens is 342 g/mol. The number of carbonyl (C=O) groups is 1. The SMILES string of the molecule is CCC/C(NC)=C(\Cl)C(=N)C(=O)Nc1ccc([C@H]2CNCCO2)nc1. The van der Waals surface area contributed by atoms with Gasteiger partial charge in [-0.15, -0.1) is 0 Å². The van der Waals surface area contributed by atoms with E-state index in [2.05, 4.69) is 20.9 Å². The van der Waals surface area contributed by atoms with Crippen LogP contribution in [0.4, 0.5) is 5.69 Å². The van der Waals surface area contributed by atoms with Gasteiger partial charge in [0.25, 0.3) is 5.91 Å². The van der Waals surface area contributed by atoms with Gasteiger partial charge in [0.1, 0.15) is 11.8 Å². The highest BCUT2D eigenvalue weighted by atomic mass is 35.5. The monoisotopic (exact) mass is 365 g/mol. The van der Waals surface area contributed by atoms with Gasteiger partial charge in [-0.05, 0) is 18.6 Å². The summed E-state index contributed by atoms with van der Waals surface area (Å²) in [6.45, 7) is 4.21. The zero-order valence-corrected chi connectivity index (χ0v) is 15.2. The molecule has 8 heteroatoms. The largest absolute Gasteiger partial charge is 0.390 e. The van der Waals surface area contributed by atoms with Crippen molar-refractivity contribution in [1.29, 1.82) is 5.41 Å². The topological polar surface area (TPSA) is 99.1 Å². The number of pyridine rings is 1. The fourth-order valence-electron chi connectivity index (χ4n) is 2.46. The first-order chi connectivity index (χ1) is 12.1. The van der Waals surface area contributed by atoms with Gasteiger partial charge < -0.3 is 20.7 Å². The predicted octanol–water partition coefficient (Wildman–Crippen LogP) is 2.17. The summed E-state index contributed by atoms with van der Waals surface area (Å²) in [6, 6.07) is 3.55. The third-order valence-corrected chi connectivity index (χ3v) is 4.23. The number of anilines is 1. The van der Waals surface area contributed by atoms with E-state index in [9.17, 15) is 4.79 Å². The number of rotatable bonds is 7. The molecular formula is C17H24ClN5O2. The van der Waals surface area contributed by atoms with E-state index in [1.165, 1.54) is 0 Å². The molecule has 1 aromatic heterocycles. The van der Waals surface area contributed by atoms with Gasteiger partial charge >= 0.3 is 0 Å². The van der Waals surface area contributed by atoms with Crippen LogP contribution >= 0.6 is 11.6 Å². The Kier molecular flexibility index (Phi) is 7.36. The van der Waals surface area contributed by atoms with Gasteiger partial charge in [-0.3, -0.25) is 15.2 Å². The fourth-order valence-corrected chi connectivity index (χ4v) is 2.74. The van der Waals surface area contributed by atoms with Gasteiger partial charge in [0.2, 0.25) is 0 Å². The predicted molar refractivity (Wildman–Crippen MR) is 99.0 cm³/mol. The molecule has 0 aromatic carbocycles. The van der Waals surface area contributed by atoms with E-state index >= 15 is 0 Å². The molecule has 1 aliphatic rings. The molecule has 1 aromatic rings. The summed E-state index contributed by atoms with van der Waals surface area (Å²) in [5, 5.41) is 16.9. The Bertz CT molecular complexity index is 639. The van der Waals surface area contributed by atoms with Crippen LogP contribution in [0.3, 0.4) is 0 Å². The van der Waals surface area contributed by atoms with Crippen molar-refractivity contribution >= 4 is 28.9 Å². The molecule has 2 rings (SSSR count). The van der Waals surface area contributed by atoms with Crippen LogP contribution in [-0.2, 0) is 9.53 Å². The highest BCUT2D eigenvalue weighted by molar-refractivity contribution is 6.60. The van der Waals surface area contributed by atoms with Crippen LogP contribution in [0.15, 0.2) is 29.1 Å². The molecule has 0 bridgehead atoms. The highest BCUT2D eigenvalue weighted by Gasteiger charge is 2.19. The van der Waals surface area contributed by atoms with Gasteiger partial charge in [-0.25, -0.2) is 0 Å². The van der Waals surface area contributed by atoms with Crippen LogP contribution in [0.2, 0.25) is 0 Å². The maximum absolute atomic E-state index is 12.2. The van der Waals surface area contributed by atoms with E-state index < -0.39 is 5.91 Å². The molecule has 1 fully saturated rings. The van der Waals surface area contributed by atoms with Crippen LogP contribution in [0.1, 0.15) is 31.6 Å². The summed E-state index contributed by atoms with van der Waals surface area (Å²) in [6.07, 6.45) is 3.02. The number of hydrogen-bond acceptors (Lipinski definition) is 6. The first-order valence-corrected chi connectivity index (χ1v) is 8.69. The van der Waals surface area contributed by atoms with Crippen LogP contribution in [0, 0.1) is 5.41 Å². The van der Waals surface area contributed by atoms with E-state index in [0.29, 0.717) is 31.0 Å². The maximum Gasteiger partial charge on any atom is 0.275 e. The van der Waals surface area contributed by atoms with Crippen LogP contribution < -0.4 is 16.0 Å². The number of allylic oxidation sites excluding steroid dienone is 1. The quantitative estimate of drug-likeness (QED) is 0.555. The van der Waals surface area contributed by atoms with Gasteiger partial charge in [0.05, 0.1) is 29.2 Å². The second kappa shape index (κ2) is 9.50. The molecule has 4 N–H and O–H groups in total. The highest BCUT2D eigenvalue weighted by Crippen LogP contribution is 2.19. The van der Waals surface area contributed by atoms with E-state index in [0.717, 1.165) is 18.7 Å². The van der Waals surface area contributed by atoms with Crippen LogP contribution in [0.5, 0.6) is 0 Å². The van der Waals surface area contributed by atoms with Crippen molar-refractivity contribution in [2.45, 2.75) is 25.9 Å². The van der Waals surface area contributed by atoms with Gasteiger partial charge in [-0.2, -0.15) is 0 Å². The number of nitrogens with one attached hydrogen (secondary N) is 4. The van der Waals surface area contributed by atoms with Crippen LogP contribution in [0.25, 0.3) is 0 Å². The number of aromatic nitrogens is 1. The van der Waals surface area contributed by atoms with Gasteiger partial charge in [-0.1, -0.05) is 24.9 Å². The molecule has 2 heterocycles. The lowest BCUT2D eigenvalue weighted by Gasteiger charge is -2.23. The zero-order valence-electron chi connectivity index (χ0n) is 14.5. The second-order valence-corrected chi connectivity index (χ2v) is 6.03. The molecule has 0 radical (unpaired) electrons. The number of ether oxygens (including phenoxy) is 1. The summed E-state index contributed by atoms with van der Waals surface area (Å²) in [5.41, 5.74) is 1.72. The first kappa shape index (κ1) is 19.4. The zero-order chi connectivity index (χ0) is 18.2. The molecule has 0 aliphatic carbocycles. The molecule has 7 nitrogen and oxygen atoms in total. The molecule has 1 aliphatic heterocycles. The Morgan fingerprint density at radius 3 is 2.88 bits per heavy atom. The average Bonchev–Trinajstić information content (AvgIpc) is 2.66. The van der Waals surface area contributed by atoms with Crippen LogP contribution in [-0.4, -0.2) is 43.3 Å². The normalized spacial score (nSPS) is 18.3. The summed E-state index contributed by atoms with van der Waals surface area (Å²) in [4.78, 5) is 16.6. The van der Waals surface area contributed by atoms with Crippen molar-refractivity contribution < 1.29 is 9.53 Å². The number of halogens is 1. The summed E-state index contributed by atoms with van der Waals surface area (Å²) in [7, 11) is 1.73. The van der Waals surface area contributed by atoms with Crippen molar-refractivity contribution in [3.05, 3.63) is 34.8 Å². The van der Waals surface area contributed by atoms with Crippen molar-refractivity contribution in [1.82, 2.24) is 15.6 Å². The fraction of sp³-hybridized carbons (Fsp3) is 0.471. The molecule has 0 saturated carbocycles. The Labute approximate surface area is 152 Å². The third-order valence-electron chi connectivity index (χ3n) is 3.81. The Balaban J connectivity index is 2.01. The number of amides is 1. The summed E-state index contributed by atoms with van der Waals surface area (Å²) >= 11 is 6.16. The van der Waals surface area contributed by atoms with Crippen molar-refractivity contribution in [2.75, 3.05) is 32.1 Å². The van der Waals surface area contributed by atoms with Gasteiger partial charge in [0, 0.05) is 25.8 Å². The van der Waals surface area contributed by atoms with E-state index in [1.807, 2.05) is 13.0 Å². The van der Waals surface area contributed by atoms with E-state index in [-0.39, 0.29) is 16.8 Å². The number of morpholine rings is 1. The third kappa shape index (κ3) is 5.26. The molecule has 25 heavy (non-hydrogen) atoms. The molecule has 1 amide bonds. The number of hydrogen-bond donors (Lipinski definition) is 4. The smallest absolute Gasteiger partial charge is 0.275 e. The standard InChI is InChI=1S/C17H24ClN5O2/c1-3-4-13(20-2)15(18)16(19)17(24)23-11-5-6-12(22-9-11)14-10-21-7-8-25-14/h5-6,9,14,19-21H,3-4,7-8,10H2,1-2H3,(H,23,24)/b15-13+,19-16?/t14-/m1/s1. The number of nitrogens with zero attached hydrogens (tertiary/aromatic N) is 1. The maximum atomic E-state index is 12.2. The number of carbonyl (C=O) groups excluding carboxylic acids is 1. The molecule has 1 saturated heterocycles. The Morgan fingerprint density at radius 2 is 2.32 bits per heavy atom. The minimum absolute atomic E-state index is 0.0820. The summed E-state index contributed by atoms with van der Waals surface area (Å²) < 4.78 is 5.64. The Morgan fingerprint density at radius 1 is 1.52 bits per heavy atom. The van der Waals surface area contributed by atoms with Gasteiger partial charge in [0.15, 0.2) is 0 Å². The molecule has 136 valence electrons. The molecule has 0 spiro atoms. The lowest BCUT2D eigenvalue weighted by molar-refractivity contribution is -0.110. The van der Waals surface area contributed by atoms with E-state index in [1.54, 1.807) is 19.3 Å². The Hall–Kier alpha value is -1.96. The lowest BCUT2D eigenvalue weighted by atomic mass is 10.2. The molecule has 1 atom stereocenters. The average molecular weight is 366 g/mol. The minimum Gasteiger partial charge on any atom is -0.390 e. The second-order valence-electron chi connectivity index (χ2n) is 5.66. The minimum atomic E-state index is -0.570. The molecule has 0 unspecified atom stereocenters. The summed E-state index contributed by atoms with van der Waals surface area (Å²) in [5.74, 6) is -0.570.